The van der Waals surface area contributed by atoms with Gasteiger partial charge in [-0.3, -0.25) is 9.78 Å². The van der Waals surface area contributed by atoms with Gasteiger partial charge < -0.3 is 24.3 Å². The number of hydrogen-bond donors (Lipinski definition) is 1. The van der Waals surface area contributed by atoms with Gasteiger partial charge in [-0.15, -0.1) is 0 Å². The minimum atomic E-state index is -0.635. The third kappa shape index (κ3) is 3.19. The highest BCUT2D eigenvalue weighted by atomic mass is 16.5. The van der Waals surface area contributed by atoms with Crippen LogP contribution in [0.2, 0.25) is 0 Å². The van der Waals surface area contributed by atoms with Crippen LogP contribution in [0, 0.1) is 6.92 Å². The molecule has 3 aromatic rings. The molecule has 0 atom stereocenters. The van der Waals surface area contributed by atoms with Crippen molar-refractivity contribution in [2.24, 2.45) is 0 Å². The van der Waals surface area contributed by atoms with Crippen LogP contribution in [0.15, 0.2) is 35.1 Å². The predicted molar refractivity (Wildman–Crippen MR) is 114 cm³/mol. The number of carbonyl (C=O) groups is 1. The molecule has 1 spiro atoms. The van der Waals surface area contributed by atoms with Gasteiger partial charge in [0.25, 0.3) is 5.91 Å². The number of likely N-dealkylation sites (N-methyl/N-ethyl adjacent to an activating group) is 2. The van der Waals surface area contributed by atoms with Gasteiger partial charge in [0, 0.05) is 47.1 Å². The van der Waals surface area contributed by atoms with E-state index in [0.29, 0.717) is 60.9 Å². The van der Waals surface area contributed by atoms with Gasteiger partial charge in [-0.2, -0.15) is 4.98 Å². The number of fused-ring (bicyclic) bond motifs is 1. The fraction of sp³-hybridized carbons (Fsp3) is 0.381. The molecule has 0 aromatic carbocycles. The standard InChI is InChI=1S/C21H23N7O3/c1-13-22-12-17(31-13)15-5-4-14(10-23-15)25-20-24-11-16-18(26-20)28(3)21(19(29)27(16)2)6-8-30-9-7-21/h4-5,10-12H,6-9H2,1-3H3,(H,24,25,26). The predicted octanol–water partition coefficient (Wildman–Crippen LogP) is 2.54. The van der Waals surface area contributed by atoms with Gasteiger partial charge in [0.1, 0.15) is 16.9 Å². The number of carbonyl (C=O) groups excluding carboxylic acids is 1. The van der Waals surface area contributed by atoms with Crippen molar-refractivity contribution in [3.63, 3.8) is 0 Å². The van der Waals surface area contributed by atoms with E-state index in [-0.39, 0.29) is 5.91 Å². The van der Waals surface area contributed by atoms with Gasteiger partial charge in [-0.05, 0) is 12.1 Å². The average molecular weight is 421 g/mol. The molecule has 0 aliphatic carbocycles. The highest BCUT2D eigenvalue weighted by molar-refractivity contribution is 6.07. The van der Waals surface area contributed by atoms with Gasteiger partial charge in [-0.25, -0.2) is 9.97 Å². The van der Waals surface area contributed by atoms with Gasteiger partial charge in [-0.1, -0.05) is 0 Å². The second-order valence-electron chi connectivity index (χ2n) is 7.77. The summed E-state index contributed by atoms with van der Waals surface area (Å²) in [6.07, 6.45) is 6.27. The molecule has 0 bridgehead atoms. The van der Waals surface area contributed by atoms with Crippen LogP contribution in [0.25, 0.3) is 11.5 Å². The third-order valence-corrected chi connectivity index (χ3v) is 5.99. The average Bonchev–Trinajstić information content (AvgIpc) is 3.24. The van der Waals surface area contributed by atoms with E-state index >= 15 is 0 Å². The van der Waals surface area contributed by atoms with Crippen LogP contribution < -0.4 is 15.1 Å². The lowest BCUT2D eigenvalue weighted by Crippen LogP contribution is -2.64. The van der Waals surface area contributed by atoms with Crippen LogP contribution in [0.1, 0.15) is 18.7 Å². The highest BCUT2D eigenvalue weighted by Crippen LogP contribution is 2.42. The van der Waals surface area contributed by atoms with E-state index in [1.165, 1.54) is 0 Å². The van der Waals surface area contributed by atoms with Crippen molar-refractivity contribution >= 4 is 29.0 Å². The smallest absolute Gasteiger partial charge is 0.252 e. The van der Waals surface area contributed by atoms with Crippen molar-refractivity contribution in [2.45, 2.75) is 25.3 Å². The highest BCUT2D eigenvalue weighted by Gasteiger charge is 2.50. The summed E-state index contributed by atoms with van der Waals surface area (Å²) in [6.45, 7) is 2.90. The molecular weight excluding hydrogens is 398 g/mol. The summed E-state index contributed by atoms with van der Waals surface area (Å²) in [4.78, 5) is 34.4. The van der Waals surface area contributed by atoms with Crippen molar-refractivity contribution in [3.8, 4) is 11.5 Å². The molecule has 10 heteroatoms. The topological polar surface area (TPSA) is 110 Å². The van der Waals surface area contributed by atoms with Crippen molar-refractivity contribution in [3.05, 3.63) is 36.6 Å². The number of aryl methyl sites for hydroxylation is 1. The largest absolute Gasteiger partial charge is 0.439 e. The Labute approximate surface area is 179 Å². The molecule has 160 valence electrons. The van der Waals surface area contributed by atoms with E-state index in [2.05, 4.69) is 20.3 Å². The first kappa shape index (κ1) is 19.4. The molecule has 1 fully saturated rings. The number of oxazole rings is 1. The summed E-state index contributed by atoms with van der Waals surface area (Å²) in [6, 6.07) is 3.72. The molecule has 0 radical (unpaired) electrons. The van der Waals surface area contributed by atoms with Crippen LogP contribution in [0.3, 0.4) is 0 Å². The lowest BCUT2D eigenvalue weighted by Gasteiger charge is -2.49. The molecule has 1 amide bonds. The van der Waals surface area contributed by atoms with Gasteiger partial charge in [0.15, 0.2) is 17.5 Å². The molecule has 5 heterocycles. The molecular formula is C21H23N7O3. The fourth-order valence-electron chi connectivity index (χ4n) is 4.16. The molecule has 3 aromatic heterocycles. The maximum absolute atomic E-state index is 13.1. The first-order valence-corrected chi connectivity index (χ1v) is 10.1. The van der Waals surface area contributed by atoms with Crippen molar-refractivity contribution in [1.29, 1.82) is 0 Å². The zero-order valence-electron chi connectivity index (χ0n) is 17.6. The summed E-state index contributed by atoms with van der Waals surface area (Å²) in [5.74, 6) is 2.41. The monoisotopic (exact) mass is 421 g/mol. The molecule has 31 heavy (non-hydrogen) atoms. The second-order valence-corrected chi connectivity index (χ2v) is 7.77. The number of ether oxygens (including phenoxy) is 1. The van der Waals surface area contributed by atoms with Crippen LogP contribution in [-0.2, 0) is 9.53 Å². The number of nitrogens with zero attached hydrogens (tertiary/aromatic N) is 6. The van der Waals surface area contributed by atoms with E-state index < -0.39 is 5.54 Å². The van der Waals surface area contributed by atoms with E-state index in [1.54, 1.807) is 37.5 Å². The third-order valence-electron chi connectivity index (χ3n) is 5.99. The minimum Gasteiger partial charge on any atom is -0.439 e. The Bertz CT molecular complexity index is 1120. The summed E-state index contributed by atoms with van der Waals surface area (Å²) in [7, 11) is 3.69. The summed E-state index contributed by atoms with van der Waals surface area (Å²) in [5.41, 5.74) is 1.48. The van der Waals surface area contributed by atoms with Crippen molar-refractivity contribution in [1.82, 2.24) is 19.9 Å². The summed E-state index contributed by atoms with van der Waals surface area (Å²) < 4.78 is 11.0. The summed E-state index contributed by atoms with van der Waals surface area (Å²) >= 11 is 0. The Kier molecular flexibility index (Phi) is 4.58. The Morgan fingerprint density at radius 2 is 1.87 bits per heavy atom. The number of pyridine rings is 1. The Hall–Kier alpha value is -3.53. The van der Waals surface area contributed by atoms with Gasteiger partial charge in [0.05, 0.1) is 24.3 Å². The zero-order chi connectivity index (χ0) is 21.6. The maximum atomic E-state index is 13.1. The minimum absolute atomic E-state index is 0.0533. The van der Waals surface area contributed by atoms with Crippen LogP contribution in [0.4, 0.5) is 23.1 Å². The molecule has 10 nitrogen and oxygen atoms in total. The van der Waals surface area contributed by atoms with Gasteiger partial charge in [0.2, 0.25) is 5.95 Å². The number of anilines is 4. The van der Waals surface area contributed by atoms with Crippen LogP contribution in [-0.4, -0.2) is 58.7 Å². The maximum Gasteiger partial charge on any atom is 0.252 e. The number of amides is 1. The zero-order valence-corrected chi connectivity index (χ0v) is 17.6. The second kappa shape index (κ2) is 7.31. The molecule has 0 saturated carbocycles. The quantitative estimate of drug-likeness (QED) is 0.682. The molecule has 5 rings (SSSR count). The van der Waals surface area contributed by atoms with Crippen LogP contribution in [0.5, 0.6) is 0 Å². The Balaban J connectivity index is 1.42. The number of hydrogen-bond acceptors (Lipinski definition) is 9. The lowest BCUT2D eigenvalue weighted by molar-refractivity contribution is -0.127. The normalized spacial score (nSPS) is 17.7. The number of nitrogens with one attached hydrogen (secondary N) is 1. The molecule has 0 unspecified atom stereocenters. The van der Waals surface area contributed by atoms with E-state index in [4.69, 9.17) is 14.1 Å². The number of aromatic nitrogens is 4. The van der Waals surface area contributed by atoms with E-state index in [9.17, 15) is 4.79 Å². The molecule has 1 N–H and O–H groups in total. The Morgan fingerprint density at radius 3 is 2.55 bits per heavy atom. The first-order chi connectivity index (χ1) is 15.0. The SMILES string of the molecule is Cc1ncc(-c2ccc(Nc3ncc4c(n3)N(C)C3(CCOCC3)C(=O)N4C)cn2)o1. The summed E-state index contributed by atoms with van der Waals surface area (Å²) in [5, 5.41) is 3.19. The van der Waals surface area contributed by atoms with Crippen molar-refractivity contribution in [2.75, 3.05) is 42.4 Å². The molecule has 1 saturated heterocycles. The van der Waals surface area contributed by atoms with E-state index in [0.717, 1.165) is 5.69 Å². The number of rotatable bonds is 3. The van der Waals surface area contributed by atoms with E-state index in [1.807, 2.05) is 24.1 Å². The first-order valence-electron chi connectivity index (χ1n) is 10.1. The fourth-order valence-corrected chi connectivity index (χ4v) is 4.16. The Morgan fingerprint density at radius 1 is 1.06 bits per heavy atom. The molecule has 2 aliphatic heterocycles. The van der Waals surface area contributed by atoms with Crippen LogP contribution >= 0.6 is 0 Å². The molecule has 2 aliphatic rings. The van der Waals surface area contributed by atoms with Gasteiger partial charge >= 0.3 is 0 Å². The van der Waals surface area contributed by atoms with Crippen molar-refractivity contribution < 1.29 is 13.9 Å². The lowest BCUT2D eigenvalue weighted by atomic mass is 9.85.